The van der Waals surface area contributed by atoms with Gasteiger partial charge in [-0.15, -0.1) is 0 Å². The molecule has 0 heterocycles. The minimum absolute atomic E-state index is 0.0784. The molecule has 2 rings (SSSR count). The first-order valence-electron chi connectivity index (χ1n) is 7.22. The molecule has 0 spiro atoms. The topological polar surface area (TPSA) is 55.1 Å². The van der Waals surface area contributed by atoms with Crippen LogP contribution < -0.4 is 11.1 Å². The number of nitrogens with two attached hydrogens (primary N) is 1. The molecule has 1 aromatic rings. The highest BCUT2D eigenvalue weighted by atomic mass is 79.9. The number of carbonyl (C=O) groups is 1. The average Bonchev–Trinajstić information content (AvgIpc) is 2.87. The van der Waals surface area contributed by atoms with Gasteiger partial charge >= 0.3 is 0 Å². The molecule has 1 aliphatic rings. The first-order chi connectivity index (χ1) is 9.44. The van der Waals surface area contributed by atoms with Crippen LogP contribution in [0.5, 0.6) is 0 Å². The summed E-state index contributed by atoms with van der Waals surface area (Å²) in [7, 11) is 0. The van der Waals surface area contributed by atoms with Crippen molar-refractivity contribution in [2.24, 2.45) is 17.6 Å². The van der Waals surface area contributed by atoms with Gasteiger partial charge in [-0.25, -0.2) is 0 Å². The summed E-state index contributed by atoms with van der Waals surface area (Å²) in [5.41, 5.74) is 6.51. The molecule has 20 heavy (non-hydrogen) atoms. The molecule has 0 aliphatic heterocycles. The van der Waals surface area contributed by atoms with E-state index in [9.17, 15) is 4.79 Å². The Balaban J connectivity index is 2.07. The van der Waals surface area contributed by atoms with Crippen molar-refractivity contribution in [2.75, 3.05) is 6.54 Å². The van der Waals surface area contributed by atoms with Crippen molar-refractivity contribution < 1.29 is 4.79 Å². The lowest BCUT2D eigenvalue weighted by atomic mass is 9.90. The van der Waals surface area contributed by atoms with Crippen molar-refractivity contribution in [2.45, 2.75) is 38.6 Å². The van der Waals surface area contributed by atoms with Gasteiger partial charge in [0.1, 0.15) is 0 Å². The molecule has 0 radical (unpaired) electrons. The van der Waals surface area contributed by atoms with E-state index in [0.29, 0.717) is 12.5 Å². The Hall–Kier alpha value is -0.870. The fourth-order valence-corrected chi connectivity index (χ4v) is 3.27. The Morgan fingerprint density at radius 2 is 2.00 bits per heavy atom. The Morgan fingerprint density at radius 1 is 1.35 bits per heavy atom. The minimum Gasteiger partial charge on any atom is -0.347 e. The van der Waals surface area contributed by atoms with Gasteiger partial charge < -0.3 is 11.1 Å². The number of rotatable bonds is 4. The Labute approximate surface area is 129 Å². The van der Waals surface area contributed by atoms with Crippen LogP contribution in [0.1, 0.15) is 38.7 Å². The number of benzene rings is 1. The molecule has 1 aromatic carbocycles. The highest BCUT2D eigenvalue weighted by Crippen LogP contribution is 2.32. The third-order valence-electron chi connectivity index (χ3n) is 4.30. The van der Waals surface area contributed by atoms with Crippen molar-refractivity contribution in [1.82, 2.24) is 5.32 Å². The zero-order valence-electron chi connectivity index (χ0n) is 12.2. The normalized spacial score (nSPS) is 22.8. The van der Waals surface area contributed by atoms with Crippen LogP contribution in [0.4, 0.5) is 0 Å². The summed E-state index contributed by atoms with van der Waals surface area (Å²) in [5, 5.41) is 3.19. The molecule has 0 unspecified atom stereocenters. The number of amides is 1. The highest BCUT2D eigenvalue weighted by Gasteiger charge is 2.34. The first-order valence-corrected chi connectivity index (χ1v) is 8.01. The summed E-state index contributed by atoms with van der Waals surface area (Å²) in [5.74, 6) is 0.566. The SMILES string of the molecule is CC(C)(NC(=O)[C@@H]1CCC[C@@H]1CN)c1ccc(Br)cc1. The number of nitrogens with one attached hydrogen (secondary N) is 1. The maximum Gasteiger partial charge on any atom is 0.224 e. The van der Waals surface area contributed by atoms with Crippen LogP contribution >= 0.6 is 15.9 Å². The fourth-order valence-electron chi connectivity index (χ4n) is 3.00. The Morgan fingerprint density at radius 3 is 2.60 bits per heavy atom. The largest absolute Gasteiger partial charge is 0.347 e. The van der Waals surface area contributed by atoms with Crippen LogP contribution in [0.25, 0.3) is 0 Å². The number of hydrogen-bond donors (Lipinski definition) is 2. The van der Waals surface area contributed by atoms with Gasteiger partial charge in [-0.3, -0.25) is 4.79 Å². The van der Waals surface area contributed by atoms with Gasteiger partial charge in [0.25, 0.3) is 0 Å². The number of halogens is 1. The lowest BCUT2D eigenvalue weighted by Crippen LogP contribution is -2.45. The van der Waals surface area contributed by atoms with Gasteiger partial charge in [0.15, 0.2) is 0 Å². The van der Waals surface area contributed by atoms with Gasteiger partial charge in [0.2, 0.25) is 5.91 Å². The lowest BCUT2D eigenvalue weighted by Gasteiger charge is -2.30. The monoisotopic (exact) mass is 338 g/mol. The first kappa shape index (κ1) is 15.5. The summed E-state index contributed by atoms with van der Waals surface area (Å²) >= 11 is 3.43. The maximum atomic E-state index is 12.5. The van der Waals surface area contributed by atoms with Crippen LogP contribution in [0.15, 0.2) is 28.7 Å². The second-order valence-electron chi connectivity index (χ2n) is 6.15. The predicted octanol–water partition coefficient (Wildman–Crippen LogP) is 3.18. The van der Waals surface area contributed by atoms with E-state index >= 15 is 0 Å². The average molecular weight is 339 g/mol. The van der Waals surface area contributed by atoms with Crippen LogP contribution in [0.3, 0.4) is 0 Å². The second kappa shape index (κ2) is 6.27. The molecule has 4 heteroatoms. The van der Waals surface area contributed by atoms with Crippen molar-refractivity contribution in [1.29, 1.82) is 0 Å². The highest BCUT2D eigenvalue weighted by molar-refractivity contribution is 9.10. The molecule has 1 amide bonds. The van der Waals surface area contributed by atoms with E-state index in [2.05, 4.69) is 21.2 Å². The molecule has 0 bridgehead atoms. The van der Waals surface area contributed by atoms with Gasteiger partial charge in [-0.2, -0.15) is 0 Å². The molecule has 1 fully saturated rings. The zero-order chi connectivity index (χ0) is 14.8. The fraction of sp³-hybridized carbons (Fsp3) is 0.562. The summed E-state index contributed by atoms with van der Waals surface area (Å²) in [6, 6.07) is 8.09. The minimum atomic E-state index is -0.362. The van der Waals surface area contributed by atoms with Gasteiger partial charge in [-0.05, 0) is 56.8 Å². The Kier molecular flexibility index (Phi) is 4.86. The zero-order valence-corrected chi connectivity index (χ0v) is 13.7. The number of hydrogen-bond acceptors (Lipinski definition) is 2. The summed E-state index contributed by atoms with van der Waals surface area (Å²) in [6.07, 6.45) is 3.15. The standard InChI is InChI=1S/C16H23BrN2O/c1-16(2,12-6-8-13(17)9-7-12)19-15(20)14-5-3-4-11(14)10-18/h6-9,11,14H,3-5,10,18H2,1-2H3,(H,19,20)/t11-,14-/m1/s1. The van der Waals surface area contributed by atoms with E-state index in [0.717, 1.165) is 29.3 Å². The van der Waals surface area contributed by atoms with Crippen LogP contribution in [0, 0.1) is 11.8 Å². The van der Waals surface area contributed by atoms with Crippen LogP contribution in [-0.4, -0.2) is 12.5 Å². The smallest absolute Gasteiger partial charge is 0.224 e. The molecule has 3 N–H and O–H groups in total. The molecule has 0 saturated heterocycles. The van der Waals surface area contributed by atoms with E-state index < -0.39 is 0 Å². The predicted molar refractivity (Wildman–Crippen MR) is 85.2 cm³/mol. The summed E-state index contributed by atoms with van der Waals surface area (Å²) in [6.45, 7) is 4.69. The quantitative estimate of drug-likeness (QED) is 0.885. The molecule has 110 valence electrons. The molecular formula is C16H23BrN2O. The molecule has 2 atom stereocenters. The molecule has 1 aliphatic carbocycles. The van der Waals surface area contributed by atoms with E-state index in [1.54, 1.807) is 0 Å². The van der Waals surface area contributed by atoms with Crippen LogP contribution in [0.2, 0.25) is 0 Å². The third kappa shape index (κ3) is 3.41. The molecular weight excluding hydrogens is 316 g/mol. The van der Waals surface area contributed by atoms with E-state index in [1.807, 2.05) is 38.1 Å². The summed E-state index contributed by atoms with van der Waals surface area (Å²) < 4.78 is 1.04. The third-order valence-corrected chi connectivity index (χ3v) is 4.83. The van der Waals surface area contributed by atoms with Gasteiger partial charge in [0.05, 0.1) is 5.54 Å². The van der Waals surface area contributed by atoms with Crippen molar-refractivity contribution in [3.63, 3.8) is 0 Å². The van der Waals surface area contributed by atoms with Gasteiger partial charge in [0, 0.05) is 10.4 Å². The Bertz CT molecular complexity index is 470. The maximum absolute atomic E-state index is 12.5. The van der Waals surface area contributed by atoms with Crippen molar-refractivity contribution in [3.05, 3.63) is 34.3 Å². The van der Waals surface area contributed by atoms with Crippen molar-refractivity contribution >= 4 is 21.8 Å². The lowest BCUT2D eigenvalue weighted by molar-refractivity contribution is -0.127. The van der Waals surface area contributed by atoms with E-state index in [4.69, 9.17) is 5.73 Å². The molecule has 3 nitrogen and oxygen atoms in total. The van der Waals surface area contributed by atoms with Crippen LogP contribution in [-0.2, 0) is 10.3 Å². The summed E-state index contributed by atoms with van der Waals surface area (Å²) in [4.78, 5) is 12.5. The second-order valence-corrected chi connectivity index (χ2v) is 7.07. The molecule has 1 saturated carbocycles. The number of carbonyl (C=O) groups excluding carboxylic acids is 1. The van der Waals surface area contributed by atoms with E-state index in [1.165, 1.54) is 0 Å². The van der Waals surface area contributed by atoms with E-state index in [-0.39, 0.29) is 17.4 Å². The molecule has 0 aromatic heterocycles. The van der Waals surface area contributed by atoms with Gasteiger partial charge in [-0.1, -0.05) is 34.5 Å². The van der Waals surface area contributed by atoms with Crippen molar-refractivity contribution in [3.8, 4) is 0 Å².